The smallest absolute Gasteiger partial charge is 0.127 e. The van der Waals surface area contributed by atoms with Gasteiger partial charge in [0.1, 0.15) is 5.82 Å². The Morgan fingerprint density at radius 1 is 1.18 bits per heavy atom. The van der Waals surface area contributed by atoms with Gasteiger partial charge in [0.2, 0.25) is 0 Å². The molecule has 0 bridgehead atoms. The molecule has 0 unspecified atom stereocenters. The summed E-state index contributed by atoms with van der Waals surface area (Å²) in [5, 5.41) is 30.0. The summed E-state index contributed by atoms with van der Waals surface area (Å²) >= 11 is 3.23. The molecule has 4 N–H and O–H groups in total. The van der Waals surface area contributed by atoms with Crippen LogP contribution >= 0.6 is 15.9 Å². The number of hydrogen-bond acceptors (Lipinski definition) is 4. The highest BCUT2D eigenvalue weighted by Gasteiger charge is 2.27. The van der Waals surface area contributed by atoms with Gasteiger partial charge in [0.15, 0.2) is 0 Å². The highest BCUT2D eigenvalue weighted by Crippen LogP contribution is 2.16. The molecule has 6 heteroatoms. The number of halogens is 2. The third-order valence-corrected chi connectivity index (χ3v) is 3.06. The van der Waals surface area contributed by atoms with Gasteiger partial charge in [-0.05, 0) is 18.2 Å². The van der Waals surface area contributed by atoms with Crippen molar-refractivity contribution in [1.29, 1.82) is 0 Å². The summed E-state index contributed by atoms with van der Waals surface area (Å²) in [6.45, 7) is -1.20. The van der Waals surface area contributed by atoms with Crippen LogP contribution in [0.5, 0.6) is 0 Å². The second kappa shape index (κ2) is 6.42. The molecule has 0 atom stereocenters. The van der Waals surface area contributed by atoms with Gasteiger partial charge in [-0.15, -0.1) is 0 Å². The van der Waals surface area contributed by atoms with Crippen molar-refractivity contribution in [3.05, 3.63) is 34.1 Å². The molecule has 96 valence electrons. The SMILES string of the molecule is OCC(CO)(CO)NCc1cc(Br)ccc1F. The number of nitrogens with one attached hydrogen (secondary N) is 1. The molecule has 1 aromatic carbocycles. The second-order valence-electron chi connectivity index (χ2n) is 3.84. The lowest BCUT2D eigenvalue weighted by Crippen LogP contribution is -2.54. The Morgan fingerprint density at radius 2 is 1.76 bits per heavy atom. The molecule has 0 radical (unpaired) electrons. The van der Waals surface area contributed by atoms with E-state index in [2.05, 4.69) is 21.2 Å². The highest BCUT2D eigenvalue weighted by atomic mass is 79.9. The van der Waals surface area contributed by atoms with Crippen LogP contribution in [0.1, 0.15) is 5.56 Å². The summed E-state index contributed by atoms with van der Waals surface area (Å²) in [4.78, 5) is 0. The largest absolute Gasteiger partial charge is 0.394 e. The molecule has 0 saturated carbocycles. The standard InChI is InChI=1S/C11H15BrFNO3/c12-9-1-2-10(13)8(3-9)4-14-11(5-15,6-16)7-17/h1-3,14-17H,4-7H2. The Balaban J connectivity index is 2.75. The van der Waals surface area contributed by atoms with Crippen molar-refractivity contribution in [3.63, 3.8) is 0 Å². The summed E-state index contributed by atoms with van der Waals surface area (Å²) in [7, 11) is 0. The normalized spacial score (nSPS) is 11.8. The van der Waals surface area contributed by atoms with E-state index in [9.17, 15) is 4.39 Å². The molecule has 1 aromatic rings. The molecule has 0 aromatic heterocycles. The van der Waals surface area contributed by atoms with Gasteiger partial charge in [0, 0.05) is 16.6 Å². The quantitative estimate of drug-likeness (QED) is 0.614. The molecule has 0 heterocycles. The Morgan fingerprint density at radius 3 is 2.29 bits per heavy atom. The van der Waals surface area contributed by atoms with Gasteiger partial charge in [-0.25, -0.2) is 4.39 Å². The third kappa shape index (κ3) is 3.72. The predicted octanol–water partition coefficient (Wildman–Crippen LogP) is 0.394. The molecule has 0 aliphatic heterocycles. The van der Waals surface area contributed by atoms with Gasteiger partial charge in [0.25, 0.3) is 0 Å². The molecule has 1 rings (SSSR count). The lowest BCUT2D eigenvalue weighted by molar-refractivity contribution is 0.0412. The van der Waals surface area contributed by atoms with Crippen LogP contribution < -0.4 is 5.32 Å². The number of benzene rings is 1. The Labute approximate surface area is 107 Å². The average Bonchev–Trinajstić information content (AvgIpc) is 2.35. The maximum Gasteiger partial charge on any atom is 0.127 e. The van der Waals surface area contributed by atoms with Crippen molar-refractivity contribution >= 4 is 15.9 Å². The van der Waals surface area contributed by atoms with E-state index in [1.54, 1.807) is 12.1 Å². The van der Waals surface area contributed by atoms with Crippen LogP contribution in [0.3, 0.4) is 0 Å². The topological polar surface area (TPSA) is 72.7 Å². The van der Waals surface area contributed by atoms with E-state index in [4.69, 9.17) is 15.3 Å². The van der Waals surface area contributed by atoms with Crippen LogP contribution in [0.2, 0.25) is 0 Å². The summed E-state index contributed by atoms with van der Waals surface area (Å²) in [5.74, 6) is -0.386. The van der Waals surface area contributed by atoms with E-state index in [1.807, 2.05) is 0 Å². The summed E-state index contributed by atoms with van der Waals surface area (Å²) < 4.78 is 14.1. The van der Waals surface area contributed by atoms with E-state index >= 15 is 0 Å². The molecule has 0 saturated heterocycles. The molecule has 0 aliphatic rings. The maximum absolute atomic E-state index is 13.4. The first-order valence-corrected chi connectivity index (χ1v) is 5.88. The first-order valence-electron chi connectivity index (χ1n) is 5.08. The van der Waals surface area contributed by atoms with E-state index in [0.717, 1.165) is 4.47 Å². The third-order valence-electron chi connectivity index (χ3n) is 2.57. The fourth-order valence-corrected chi connectivity index (χ4v) is 1.69. The Bertz CT molecular complexity index is 363. The monoisotopic (exact) mass is 307 g/mol. The van der Waals surface area contributed by atoms with Crippen molar-refractivity contribution in [2.24, 2.45) is 0 Å². The lowest BCUT2D eigenvalue weighted by atomic mass is 10.0. The summed E-state index contributed by atoms with van der Waals surface area (Å²) in [6, 6.07) is 4.50. The van der Waals surface area contributed by atoms with Crippen LogP contribution in [0.4, 0.5) is 4.39 Å². The first-order chi connectivity index (χ1) is 8.06. The molecule has 0 fully saturated rings. The molecule has 0 spiro atoms. The molecule has 0 aliphatic carbocycles. The minimum Gasteiger partial charge on any atom is -0.394 e. The van der Waals surface area contributed by atoms with Crippen molar-refractivity contribution < 1.29 is 19.7 Å². The average molecular weight is 308 g/mol. The van der Waals surface area contributed by atoms with E-state index in [1.165, 1.54) is 6.07 Å². The van der Waals surface area contributed by atoms with Crippen LogP contribution in [-0.2, 0) is 6.54 Å². The van der Waals surface area contributed by atoms with E-state index < -0.39 is 25.4 Å². The molecule has 17 heavy (non-hydrogen) atoms. The van der Waals surface area contributed by atoms with Crippen LogP contribution in [0.15, 0.2) is 22.7 Å². The second-order valence-corrected chi connectivity index (χ2v) is 4.76. The van der Waals surface area contributed by atoms with E-state index in [0.29, 0.717) is 5.56 Å². The van der Waals surface area contributed by atoms with Crippen LogP contribution in [0, 0.1) is 5.82 Å². The van der Waals surface area contributed by atoms with Gasteiger partial charge < -0.3 is 20.6 Å². The minimum atomic E-state index is -1.20. The van der Waals surface area contributed by atoms with Crippen LogP contribution in [0.25, 0.3) is 0 Å². The van der Waals surface area contributed by atoms with Gasteiger partial charge in [-0.3, -0.25) is 0 Å². The van der Waals surface area contributed by atoms with E-state index in [-0.39, 0.29) is 12.4 Å². The van der Waals surface area contributed by atoms with Crippen molar-refractivity contribution in [2.45, 2.75) is 12.1 Å². The molecule has 4 nitrogen and oxygen atoms in total. The lowest BCUT2D eigenvalue weighted by Gasteiger charge is -2.28. The van der Waals surface area contributed by atoms with Gasteiger partial charge in [-0.1, -0.05) is 15.9 Å². The molecule has 0 amide bonds. The zero-order valence-electron chi connectivity index (χ0n) is 9.16. The van der Waals surface area contributed by atoms with Crippen molar-refractivity contribution in [1.82, 2.24) is 5.32 Å². The zero-order valence-corrected chi connectivity index (χ0v) is 10.7. The summed E-state index contributed by atoms with van der Waals surface area (Å²) in [5.41, 5.74) is -0.812. The summed E-state index contributed by atoms with van der Waals surface area (Å²) in [6.07, 6.45) is 0. The fourth-order valence-electron chi connectivity index (χ4n) is 1.28. The Kier molecular flexibility index (Phi) is 5.48. The van der Waals surface area contributed by atoms with Crippen molar-refractivity contribution in [2.75, 3.05) is 19.8 Å². The highest BCUT2D eigenvalue weighted by molar-refractivity contribution is 9.10. The van der Waals surface area contributed by atoms with Gasteiger partial charge in [-0.2, -0.15) is 0 Å². The molecular weight excluding hydrogens is 293 g/mol. The first kappa shape index (κ1) is 14.5. The minimum absolute atomic E-state index is 0.104. The number of aliphatic hydroxyl groups is 3. The number of aliphatic hydroxyl groups excluding tert-OH is 3. The maximum atomic E-state index is 13.4. The van der Waals surface area contributed by atoms with Gasteiger partial charge >= 0.3 is 0 Å². The number of rotatable bonds is 6. The number of hydrogen-bond donors (Lipinski definition) is 4. The van der Waals surface area contributed by atoms with Crippen LogP contribution in [-0.4, -0.2) is 40.7 Å². The fraction of sp³-hybridized carbons (Fsp3) is 0.455. The predicted molar refractivity (Wildman–Crippen MR) is 64.9 cm³/mol. The Hall–Kier alpha value is -0.530. The zero-order chi connectivity index (χ0) is 12.9. The molecular formula is C11H15BrFNO3. The van der Waals surface area contributed by atoms with Crippen molar-refractivity contribution in [3.8, 4) is 0 Å². The van der Waals surface area contributed by atoms with Gasteiger partial charge in [0.05, 0.1) is 25.4 Å².